The molecule has 112 valence electrons. The molecule has 5 nitrogen and oxygen atoms in total. The molecule has 1 aromatic rings. The van der Waals surface area contributed by atoms with Crippen molar-refractivity contribution in [3.8, 4) is 0 Å². The SMILES string of the molecule is CCc1nc(Cl)cc(=O)n1CC1CN(C(C)C)CCO1. The molecule has 0 bridgehead atoms. The van der Waals surface area contributed by atoms with Crippen molar-refractivity contribution in [3.05, 3.63) is 27.4 Å². The Morgan fingerprint density at radius 1 is 1.55 bits per heavy atom. The van der Waals surface area contributed by atoms with Gasteiger partial charge in [-0.2, -0.15) is 0 Å². The van der Waals surface area contributed by atoms with Gasteiger partial charge >= 0.3 is 0 Å². The van der Waals surface area contributed by atoms with Crippen LogP contribution in [0.25, 0.3) is 0 Å². The predicted molar refractivity (Wildman–Crippen MR) is 79.3 cm³/mol. The van der Waals surface area contributed by atoms with Gasteiger partial charge in [-0.05, 0) is 13.8 Å². The molecule has 1 aromatic heterocycles. The lowest BCUT2D eigenvalue weighted by molar-refractivity contribution is -0.0464. The summed E-state index contributed by atoms with van der Waals surface area (Å²) in [4.78, 5) is 18.7. The van der Waals surface area contributed by atoms with Gasteiger partial charge in [0.05, 0.1) is 19.3 Å². The highest BCUT2D eigenvalue weighted by Crippen LogP contribution is 2.11. The highest BCUT2D eigenvalue weighted by Gasteiger charge is 2.23. The zero-order chi connectivity index (χ0) is 14.7. The predicted octanol–water partition coefficient (Wildman–Crippen LogP) is 1.57. The first-order chi connectivity index (χ1) is 9.51. The van der Waals surface area contributed by atoms with Crippen LogP contribution in [0.2, 0.25) is 5.15 Å². The van der Waals surface area contributed by atoms with Crippen molar-refractivity contribution in [3.63, 3.8) is 0 Å². The van der Waals surface area contributed by atoms with Crippen LogP contribution in [0, 0.1) is 0 Å². The minimum Gasteiger partial charge on any atom is -0.374 e. The normalized spacial score (nSPS) is 20.6. The molecule has 0 amide bonds. The number of halogens is 1. The molecule has 0 N–H and O–H groups in total. The Morgan fingerprint density at radius 3 is 2.95 bits per heavy atom. The van der Waals surface area contributed by atoms with Crippen molar-refractivity contribution in [1.82, 2.24) is 14.5 Å². The van der Waals surface area contributed by atoms with E-state index in [-0.39, 0.29) is 16.8 Å². The van der Waals surface area contributed by atoms with Crippen molar-refractivity contribution in [2.24, 2.45) is 0 Å². The molecule has 2 heterocycles. The highest BCUT2D eigenvalue weighted by atomic mass is 35.5. The Kier molecular flexibility index (Phi) is 5.18. The maximum Gasteiger partial charge on any atom is 0.255 e. The van der Waals surface area contributed by atoms with E-state index in [0.717, 1.165) is 13.1 Å². The molecular formula is C14H22ClN3O2. The first-order valence-corrected chi connectivity index (χ1v) is 7.51. The molecule has 0 radical (unpaired) electrons. The Bertz CT molecular complexity index is 516. The molecule has 1 aliphatic heterocycles. The third-order valence-corrected chi connectivity index (χ3v) is 3.85. The van der Waals surface area contributed by atoms with Crippen LogP contribution in [0.15, 0.2) is 10.9 Å². The summed E-state index contributed by atoms with van der Waals surface area (Å²) in [7, 11) is 0. The maximum absolute atomic E-state index is 12.1. The fourth-order valence-corrected chi connectivity index (χ4v) is 2.70. The van der Waals surface area contributed by atoms with Gasteiger partial charge in [-0.15, -0.1) is 0 Å². The van der Waals surface area contributed by atoms with Gasteiger partial charge in [0, 0.05) is 31.6 Å². The average molecular weight is 300 g/mol. The second kappa shape index (κ2) is 6.70. The number of hydrogen-bond acceptors (Lipinski definition) is 4. The summed E-state index contributed by atoms with van der Waals surface area (Å²) in [6.07, 6.45) is 0.702. The van der Waals surface area contributed by atoms with Gasteiger partial charge in [0.25, 0.3) is 5.56 Å². The van der Waals surface area contributed by atoms with E-state index in [4.69, 9.17) is 16.3 Å². The van der Waals surface area contributed by atoms with Gasteiger partial charge in [0.15, 0.2) is 0 Å². The molecular weight excluding hydrogens is 278 g/mol. The summed E-state index contributed by atoms with van der Waals surface area (Å²) in [6, 6.07) is 1.86. The van der Waals surface area contributed by atoms with E-state index in [0.29, 0.717) is 31.4 Å². The van der Waals surface area contributed by atoms with Crippen LogP contribution >= 0.6 is 11.6 Å². The molecule has 0 aromatic carbocycles. The summed E-state index contributed by atoms with van der Waals surface area (Å²) in [5.41, 5.74) is -0.105. The van der Waals surface area contributed by atoms with Crippen LogP contribution in [0.1, 0.15) is 26.6 Å². The van der Waals surface area contributed by atoms with Gasteiger partial charge < -0.3 is 4.74 Å². The van der Waals surface area contributed by atoms with E-state index in [2.05, 4.69) is 23.7 Å². The minimum absolute atomic E-state index is 0.0251. The highest BCUT2D eigenvalue weighted by molar-refractivity contribution is 6.29. The Morgan fingerprint density at radius 2 is 2.30 bits per heavy atom. The van der Waals surface area contributed by atoms with Gasteiger partial charge in [-0.3, -0.25) is 14.3 Å². The molecule has 1 aliphatic rings. The van der Waals surface area contributed by atoms with Crippen molar-refractivity contribution >= 4 is 11.6 Å². The number of hydrogen-bond donors (Lipinski definition) is 0. The molecule has 6 heteroatoms. The lowest BCUT2D eigenvalue weighted by Gasteiger charge is -2.35. The Labute approximate surface area is 124 Å². The van der Waals surface area contributed by atoms with E-state index in [1.54, 1.807) is 4.57 Å². The average Bonchev–Trinajstić information content (AvgIpc) is 2.41. The Hall–Kier alpha value is -0.910. The molecule has 1 atom stereocenters. The fraction of sp³-hybridized carbons (Fsp3) is 0.714. The zero-order valence-electron chi connectivity index (χ0n) is 12.3. The third kappa shape index (κ3) is 3.59. The molecule has 1 saturated heterocycles. The van der Waals surface area contributed by atoms with Crippen molar-refractivity contribution in [1.29, 1.82) is 0 Å². The fourth-order valence-electron chi connectivity index (χ4n) is 2.51. The largest absolute Gasteiger partial charge is 0.374 e. The van der Waals surface area contributed by atoms with Gasteiger partial charge in [0.2, 0.25) is 0 Å². The lowest BCUT2D eigenvalue weighted by atomic mass is 10.2. The van der Waals surface area contributed by atoms with E-state index in [1.165, 1.54) is 6.07 Å². The molecule has 20 heavy (non-hydrogen) atoms. The lowest BCUT2D eigenvalue weighted by Crippen LogP contribution is -2.48. The van der Waals surface area contributed by atoms with Crippen LogP contribution < -0.4 is 5.56 Å². The van der Waals surface area contributed by atoms with Gasteiger partial charge in [0.1, 0.15) is 11.0 Å². The van der Waals surface area contributed by atoms with E-state index in [9.17, 15) is 4.79 Å². The number of nitrogens with zero attached hydrogens (tertiary/aromatic N) is 3. The van der Waals surface area contributed by atoms with Crippen LogP contribution in [-0.2, 0) is 17.7 Å². The second-order valence-electron chi connectivity index (χ2n) is 5.38. The number of aromatic nitrogens is 2. The molecule has 0 spiro atoms. The summed E-state index contributed by atoms with van der Waals surface area (Å²) < 4.78 is 7.47. The van der Waals surface area contributed by atoms with Crippen molar-refractivity contribution in [2.75, 3.05) is 19.7 Å². The molecule has 0 saturated carbocycles. The molecule has 1 unspecified atom stereocenters. The summed E-state index contributed by atoms with van der Waals surface area (Å²) >= 11 is 5.84. The van der Waals surface area contributed by atoms with Gasteiger partial charge in [-0.25, -0.2) is 4.98 Å². The van der Waals surface area contributed by atoms with Gasteiger partial charge in [-0.1, -0.05) is 18.5 Å². The first-order valence-electron chi connectivity index (χ1n) is 7.13. The summed E-state index contributed by atoms with van der Waals surface area (Å²) in [5.74, 6) is 0.716. The minimum atomic E-state index is -0.105. The van der Waals surface area contributed by atoms with Crippen LogP contribution in [0.5, 0.6) is 0 Å². The number of ether oxygens (including phenoxy) is 1. The Balaban J connectivity index is 2.15. The third-order valence-electron chi connectivity index (χ3n) is 3.66. The monoisotopic (exact) mass is 299 g/mol. The van der Waals surface area contributed by atoms with E-state index >= 15 is 0 Å². The summed E-state index contributed by atoms with van der Waals surface area (Å²) in [6.45, 7) is 9.36. The zero-order valence-corrected chi connectivity index (χ0v) is 13.1. The maximum atomic E-state index is 12.1. The molecule has 0 aliphatic carbocycles. The number of aryl methyl sites for hydroxylation is 1. The van der Waals surface area contributed by atoms with Crippen LogP contribution in [-0.4, -0.2) is 46.3 Å². The van der Waals surface area contributed by atoms with Crippen LogP contribution in [0.3, 0.4) is 0 Å². The van der Waals surface area contributed by atoms with E-state index in [1.807, 2.05) is 6.92 Å². The first kappa shape index (κ1) is 15.5. The smallest absolute Gasteiger partial charge is 0.255 e. The van der Waals surface area contributed by atoms with E-state index < -0.39 is 0 Å². The number of morpholine rings is 1. The second-order valence-corrected chi connectivity index (χ2v) is 5.77. The quantitative estimate of drug-likeness (QED) is 0.792. The topological polar surface area (TPSA) is 47.4 Å². The standard InChI is InChI=1S/C14H22ClN3O2/c1-4-13-16-12(15)7-14(19)18(13)9-11-8-17(10(2)3)5-6-20-11/h7,10-11H,4-6,8-9H2,1-3H3. The van der Waals surface area contributed by atoms with Crippen molar-refractivity contribution in [2.45, 2.75) is 45.9 Å². The molecule has 2 rings (SSSR count). The van der Waals surface area contributed by atoms with Crippen LogP contribution in [0.4, 0.5) is 0 Å². The summed E-state index contributed by atoms with van der Waals surface area (Å²) in [5, 5.41) is 0.261. The number of rotatable bonds is 4. The van der Waals surface area contributed by atoms with Crippen molar-refractivity contribution < 1.29 is 4.74 Å². The molecule has 1 fully saturated rings.